The lowest BCUT2D eigenvalue weighted by molar-refractivity contribution is -0.118. The van der Waals surface area contributed by atoms with Crippen molar-refractivity contribution < 1.29 is 4.79 Å². The molecular weight excluding hydrogens is 104 g/mol. The number of allylic oxidation sites excluding steroid dienone is 1. The number of hydrogen-bond donors (Lipinski definition) is 2. The fourth-order valence-corrected chi connectivity index (χ4v) is 0.302. The smallest absolute Gasteiger partial charge is 0.238 e. The van der Waals surface area contributed by atoms with Gasteiger partial charge in [0.15, 0.2) is 0 Å². The van der Waals surface area contributed by atoms with Crippen LogP contribution in [0.1, 0.15) is 6.92 Å². The standard InChI is InChI=1S/C5H10N2O/c1-2-3-4(6)5(7)8/h2-4H,6H2,1H3,(H2,7,8)/b3-2+. The molecule has 0 saturated carbocycles. The molecule has 0 aliphatic heterocycles. The van der Waals surface area contributed by atoms with Gasteiger partial charge in [0.1, 0.15) is 6.04 Å². The van der Waals surface area contributed by atoms with Gasteiger partial charge in [-0.05, 0) is 6.92 Å². The predicted octanol–water partition coefficient (Wildman–Crippen LogP) is -0.625. The molecule has 8 heavy (non-hydrogen) atoms. The molecule has 0 heterocycles. The Labute approximate surface area is 48.4 Å². The van der Waals surface area contributed by atoms with Gasteiger partial charge in [0.05, 0.1) is 0 Å². The molecule has 46 valence electrons. The number of rotatable bonds is 2. The van der Waals surface area contributed by atoms with Crippen molar-refractivity contribution in [3.05, 3.63) is 12.2 Å². The van der Waals surface area contributed by atoms with Crippen molar-refractivity contribution in [3.63, 3.8) is 0 Å². The number of carbonyl (C=O) groups is 1. The zero-order valence-electron chi connectivity index (χ0n) is 4.79. The van der Waals surface area contributed by atoms with Crippen LogP contribution in [0.2, 0.25) is 0 Å². The number of primary amides is 1. The summed E-state index contributed by atoms with van der Waals surface area (Å²) in [5, 5.41) is 0. The average molecular weight is 114 g/mol. The van der Waals surface area contributed by atoms with Crippen LogP contribution in [0.4, 0.5) is 0 Å². The van der Waals surface area contributed by atoms with E-state index in [1.807, 2.05) is 0 Å². The Morgan fingerprint density at radius 2 is 2.25 bits per heavy atom. The van der Waals surface area contributed by atoms with Crippen LogP contribution in [0.25, 0.3) is 0 Å². The van der Waals surface area contributed by atoms with Crippen LogP contribution in [0, 0.1) is 0 Å². The second-order valence-corrected chi connectivity index (χ2v) is 1.45. The molecule has 0 bridgehead atoms. The van der Waals surface area contributed by atoms with Crippen LogP contribution in [0.15, 0.2) is 12.2 Å². The molecule has 0 radical (unpaired) electrons. The summed E-state index contributed by atoms with van der Waals surface area (Å²) in [5.74, 6) is -0.497. The van der Waals surface area contributed by atoms with Gasteiger partial charge in [-0.25, -0.2) is 0 Å². The lowest BCUT2D eigenvalue weighted by Crippen LogP contribution is -2.34. The molecule has 1 unspecified atom stereocenters. The Morgan fingerprint density at radius 3 is 2.38 bits per heavy atom. The average Bonchev–Trinajstić information content (AvgIpc) is 1.67. The Hall–Kier alpha value is -0.830. The van der Waals surface area contributed by atoms with E-state index < -0.39 is 11.9 Å². The SMILES string of the molecule is C/C=C/C(N)C(N)=O. The van der Waals surface area contributed by atoms with E-state index in [0.717, 1.165) is 0 Å². The Balaban J connectivity index is 3.64. The van der Waals surface area contributed by atoms with Gasteiger partial charge in [-0.15, -0.1) is 0 Å². The molecule has 0 fully saturated rings. The van der Waals surface area contributed by atoms with Crippen molar-refractivity contribution >= 4 is 5.91 Å². The maximum atomic E-state index is 10.1. The molecule has 0 saturated heterocycles. The maximum Gasteiger partial charge on any atom is 0.238 e. The van der Waals surface area contributed by atoms with Crippen molar-refractivity contribution in [2.24, 2.45) is 11.5 Å². The van der Waals surface area contributed by atoms with Gasteiger partial charge in [0.2, 0.25) is 5.91 Å². The molecule has 3 heteroatoms. The third-order valence-corrected chi connectivity index (χ3v) is 0.728. The van der Waals surface area contributed by atoms with Crippen LogP contribution in [0.5, 0.6) is 0 Å². The molecule has 0 aromatic carbocycles. The van der Waals surface area contributed by atoms with Gasteiger partial charge in [-0.3, -0.25) is 4.79 Å². The van der Waals surface area contributed by atoms with Crippen LogP contribution in [-0.2, 0) is 4.79 Å². The van der Waals surface area contributed by atoms with Gasteiger partial charge in [-0.2, -0.15) is 0 Å². The summed E-state index contributed by atoms with van der Waals surface area (Å²) in [6, 6.07) is -0.625. The molecule has 0 aromatic heterocycles. The minimum absolute atomic E-state index is 0.497. The lowest BCUT2D eigenvalue weighted by Gasteiger charge is -1.95. The van der Waals surface area contributed by atoms with Gasteiger partial charge >= 0.3 is 0 Å². The number of nitrogens with two attached hydrogens (primary N) is 2. The molecular formula is C5H10N2O. The van der Waals surface area contributed by atoms with E-state index in [1.54, 1.807) is 19.1 Å². The zero-order valence-corrected chi connectivity index (χ0v) is 4.79. The predicted molar refractivity (Wildman–Crippen MR) is 32.0 cm³/mol. The van der Waals surface area contributed by atoms with E-state index in [4.69, 9.17) is 11.5 Å². The summed E-state index contributed by atoms with van der Waals surface area (Å²) in [6.45, 7) is 1.78. The van der Waals surface area contributed by atoms with Gasteiger partial charge in [-0.1, -0.05) is 12.2 Å². The topological polar surface area (TPSA) is 69.1 Å². The number of hydrogen-bond acceptors (Lipinski definition) is 2. The molecule has 0 spiro atoms. The van der Waals surface area contributed by atoms with E-state index in [0.29, 0.717) is 0 Å². The normalized spacial score (nSPS) is 14.2. The monoisotopic (exact) mass is 114 g/mol. The summed E-state index contributed by atoms with van der Waals surface area (Å²) >= 11 is 0. The highest BCUT2D eigenvalue weighted by atomic mass is 16.1. The fourth-order valence-electron chi connectivity index (χ4n) is 0.302. The maximum absolute atomic E-state index is 10.1. The second-order valence-electron chi connectivity index (χ2n) is 1.45. The van der Waals surface area contributed by atoms with E-state index in [2.05, 4.69) is 0 Å². The fraction of sp³-hybridized carbons (Fsp3) is 0.400. The van der Waals surface area contributed by atoms with Crippen molar-refractivity contribution in [1.82, 2.24) is 0 Å². The van der Waals surface area contributed by atoms with Gasteiger partial charge in [0, 0.05) is 0 Å². The van der Waals surface area contributed by atoms with Crippen LogP contribution >= 0.6 is 0 Å². The summed E-state index contributed by atoms with van der Waals surface area (Å²) < 4.78 is 0. The van der Waals surface area contributed by atoms with Crippen LogP contribution < -0.4 is 11.5 Å². The Kier molecular flexibility index (Phi) is 2.88. The lowest BCUT2D eigenvalue weighted by atomic mass is 10.3. The van der Waals surface area contributed by atoms with E-state index in [1.165, 1.54) is 0 Å². The van der Waals surface area contributed by atoms with Crippen molar-refractivity contribution in [2.75, 3.05) is 0 Å². The third kappa shape index (κ3) is 2.36. The summed E-state index contributed by atoms with van der Waals surface area (Å²) in [5.41, 5.74) is 9.97. The highest BCUT2D eigenvalue weighted by Crippen LogP contribution is 1.77. The molecule has 1 amide bonds. The highest BCUT2D eigenvalue weighted by Gasteiger charge is 2.00. The van der Waals surface area contributed by atoms with E-state index >= 15 is 0 Å². The third-order valence-electron chi connectivity index (χ3n) is 0.728. The van der Waals surface area contributed by atoms with Crippen molar-refractivity contribution in [2.45, 2.75) is 13.0 Å². The molecule has 3 nitrogen and oxygen atoms in total. The zero-order chi connectivity index (χ0) is 6.57. The number of carbonyl (C=O) groups excluding carboxylic acids is 1. The Bertz CT molecular complexity index is 109. The van der Waals surface area contributed by atoms with E-state index in [9.17, 15) is 4.79 Å². The highest BCUT2D eigenvalue weighted by molar-refractivity contribution is 5.81. The van der Waals surface area contributed by atoms with Crippen LogP contribution in [0.3, 0.4) is 0 Å². The molecule has 0 rings (SSSR count). The first-order valence-electron chi connectivity index (χ1n) is 2.36. The van der Waals surface area contributed by atoms with Crippen LogP contribution in [-0.4, -0.2) is 11.9 Å². The second kappa shape index (κ2) is 3.21. The summed E-state index contributed by atoms with van der Waals surface area (Å²) in [4.78, 5) is 10.1. The van der Waals surface area contributed by atoms with Gasteiger partial charge < -0.3 is 11.5 Å². The minimum Gasteiger partial charge on any atom is -0.368 e. The summed E-state index contributed by atoms with van der Waals surface area (Å²) in [6.07, 6.45) is 3.23. The quantitative estimate of drug-likeness (QED) is 0.469. The first-order valence-corrected chi connectivity index (χ1v) is 2.36. The summed E-state index contributed by atoms with van der Waals surface area (Å²) in [7, 11) is 0. The minimum atomic E-state index is -0.625. The molecule has 0 aromatic rings. The number of amides is 1. The largest absolute Gasteiger partial charge is 0.368 e. The van der Waals surface area contributed by atoms with E-state index in [-0.39, 0.29) is 0 Å². The Morgan fingerprint density at radius 1 is 1.75 bits per heavy atom. The first kappa shape index (κ1) is 7.17. The van der Waals surface area contributed by atoms with Gasteiger partial charge in [0.25, 0.3) is 0 Å². The molecule has 4 N–H and O–H groups in total. The molecule has 0 aliphatic carbocycles. The molecule has 0 aliphatic rings. The van der Waals surface area contributed by atoms with Crippen molar-refractivity contribution in [3.8, 4) is 0 Å². The molecule has 1 atom stereocenters. The first-order chi connectivity index (χ1) is 3.68. The van der Waals surface area contributed by atoms with Crippen molar-refractivity contribution in [1.29, 1.82) is 0 Å².